The molecule has 1 aliphatic heterocycles. The van der Waals surface area contributed by atoms with Gasteiger partial charge in [0.25, 0.3) is 5.56 Å². The van der Waals surface area contributed by atoms with E-state index in [1.165, 1.54) is 6.07 Å². The van der Waals surface area contributed by atoms with E-state index in [1.54, 1.807) is 41.1 Å². The lowest BCUT2D eigenvalue weighted by Crippen LogP contribution is -2.44. The summed E-state index contributed by atoms with van der Waals surface area (Å²) in [5, 5.41) is 0.880. The van der Waals surface area contributed by atoms with Crippen molar-refractivity contribution < 1.29 is 14.3 Å². The van der Waals surface area contributed by atoms with Crippen molar-refractivity contribution in [2.75, 3.05) is 25.2 Å². The molecule has 138 valence electrons. The summed E-state index contributed by atoms with van der Waals surface area (Å²) in [4.78, 5) is 29.7. The van der Waals surface area contributed by atoms with Crippen molar-refractivity contribution in [2.24, 2.45) is 0 Å². The van der Waals surface area contributed by atoms with Gasteiger partial charge < -0.3 is 18.9 Å². The number of hydrogen-bond acceptors (Lipinski definition) is 5. The van der Waals surface area contributed by atoms with Crippen LogP contribution in [-0.2, 0) is 11.3 Å². The Kier molecular flexibility index (Phi) is 4.50. The van der Waals surface area contributed by atoms with Gasteiger partial charge in [-0.1, -0.05) is 0 Å². The Balaban J connectivity index is 1.49. The lowest BCUT2D eigenvalue weighted by atomic mass is 10.2. The topological polar surface area (TPSA) is 73.7 Å². The highest BCUT2D eigenvalue weighted by molar-refractivity contribution is 5.99. The van der Waals surface area contributed by atoms with Crippen LogP contribution in [0.25, 0.3) is 10.9 Å². The lowest BCUT2D eigenvalue weighted by molar-refractivity contribution is -0.122. The third-order valence-electron chi connectivity index (χ3n) is 4.63. The van der Waals surface area contributed by atoms with Gasteiger partial charge in [-0.05, 0) is 24.3 Å². The monoisotopic (exact) mass is 365 g/mol. The number of β-lactam (4-membered cyclic amide) rings is 1. The van der Waals surface area contributed by atoms with Crippen molar-refractivity contribution in [3.63, 3.8) is 0 Å². The van der Waals surface area contributed by atoms with E-state index < -0.39 is 0 Å². The Morgan fingerprint density at radius 3 is 2.78 bits per heavy atom. The van der Waals surface area contributed by atoms with Crippen LogP contribution in [0.5, 0.6) is 11.5 Å². The van der Waals surface area contributed by atoms with Crippen LogP contribution in [0.4, 0.5) is 5.69 Å². The van der Waals surface area contributed by atoms with Crippen LogP contribution in [0.3, 0.4) is 0 Å². The molecule has 0 N–H and O–H groups in total. The minimum atomic E-state index is -0.125. The summed E-state index contributed by atoms with van der Waals surface area (Å²) in [6.45, 7) is 1.40. The molecule has 2 aromatic heterocycles. The van der Waals surface area contributed by atoms with Crippen LogP contribution in [0.15, 0.2) is 53.6 Å². The molecule has 0 spiro atoms. The molecule has 0 radical (unpaired) electrons. The SMILES string of the molecule is COc1ccc2c(OCCn3cc(N4CCC4=O)ccc3=O)ccnc2c1. The molecule has 0 saturated carbocycles. The van der Waals surface area contributed by atoms with Gasteiger partial charge in [0.2, 0.25) is 5.91 Å². The number of pyridine rings is 2. The van der Waals surface area contributed by atoms with Crippen LogP contribution in [0, 0.1) is 0 Å². The van der Waals surface area contributed by atoms with Gasteiger partial charge >= 0.3 is 0 Å². The van der Waals surface area contributed by atoms with Gasteiger partial charge in [0.05, 0.1) is 24.9 Å². The van der Waals surface area contributed by atoms with Gasteiger partial charge in [-0.25, -0.2) is 0 Å². The Hall–Kier alpha value is -3.35. The van der Waals surface area contributed by atoms with E-state index in [9.17, 15) is 9.59 Å². The molecule has 7 heteroatoms. The normalized spacial score (nSPS) is 13.5. The average molecular weight is 365 g/mol. The van der Waals surface area contributed by atoms with Gasteiger partial charge in [0, 0.05) is 42.9 Å². The molecule has 1 aromatic carbocycles. The standard InChI is InChI=1S/C20H19N3O4/c1-26-15-3-4-16-17(12-15)21-8-6-18(16)27-11-10-22-13-14(2-5-19(22)24)23-9-7-20(23)25/h2-6,8,12-13H,7,9-11H2,1H3. The van der Waals surface area contributed by atoms with Crippen molar-refractivity contribution in [1.29, 1.82) is 0 Å². The molecular formula is C20H19N3O4. The number of carbonyl (C=O) groups is 1. The molecule has 3 aromatic rings. The summed E-state index contributed by atoms with van der Waals surface area (Å²) in [6, 6.07) is 10.6. The highest BCUT2D eigenvalue weighted by Crippen LogP contribution is 2.27. The van der Waals surface area contributed by atoms with Gasteiger partial charge in [-0.15, -0.1) is 0 Å². The minimum Gasteiger partial charge on any atom is -0.497 e. The van der Waals surface area contributed by atoms with E-state index in [-0.39, 0.29) is 11.5 Å². The van der Waals surface area contributed by atoms with Crippen LogP contribution >= 0.6 is 0 Å². The Labute approximate surface area is 155 Å². The fourth-order valence-corrected chi connectivity index (χ4v) is 3.05. The molecule has 0 bridgehead atoms. The number of benzene rings is 1. The molecule has 1 amide bonds. The van der Waals surface area contributed by atoms with Crippen LogP contribution in [0.2, 0.25) is 0 Å². The molecular weight excluding hydrogens is 346 g/mol. The molecule has 7 nitrogen and oxygen atoms in total. The zero-order chi connectivity index (χ0) is 18.8. The third-order valence-corrected chi connectivity index (χ3v) is 4.63. The van der Waals surface area contributed by atoms with Gasteiger partial charge in [-0.2, -0.15) is 0 Å². The molecule has 0 unspecified atom stereocenters. The maximum atomic E-state index is 12.1. The van der Waals surface area contributed by atoms with Crippen molar-refractivity contribution in [3.05, 3.63) is 59.1 Å². The van der Waals surface area contributed by atoms with E-state index in [0.29, 0.717) is 31.9 Å². The second-order valence-electron chi connectivity index (χ2n) is 6.25. The lowest BCUT2D eigenvalue weighted by Gasteiger charge is -2.30. The minimum absolute atomic E-state index is 0.0788. The maximum Gasteiger partial charge on any atom is 0.250 e. The first-order valence-electron chi connectivity index (χ1n) is 8.72. The van der Waals surface area contributed by atoms with Crippen LogP contribution in [-0.4, -0.2) is 35.7 Å². The molecule has 27 heavy (non-hydrogen) atoms. The third kappa shape index (κ3) is 3.36. The highest BCUT2D eigenvalue weighted by Gasteiger charge is 2.25. The summed E-state index contributed by atoms with van der Waals surface area (Å²) in [7, 11) is 1.61. The predicted octanol–water partition coefficient (Wildman–Crippen LogP) is 2.22. The average Bonchev–Trinajstić information content (AvgIpc) is 2.68. The van der Waals surface area contributed by atoms with Gasteiger partial charge in [0.15, 0.2) is 0 Å². The van der Waals surface area contributed by atoms with E-state index in [1.807, 2.05) is 18.2 Å². The van der Waals surface area contributed by atoms with Crippen LogP contribution in [0.1, 0.15) is 6.42 Å². The number of ether oxygens (including phenoxy) is 2. The summed E-state index contributed by atoms with van der Waals surface area (Å²) in [5.74, 6) is 1.51. The van der Waals surface area contributed by atoms with Crippen molar-refractivity contribution >= 4 is 22.5 Å². The van der Waals surface area contributed by atoms with Gasteiger partial charge in [-0.3, -0.25) is 14.6 Å². The predicted molar refractivity (Wildman–Crippen MR) is 101 cm³/mol. The molecule has 1 saturated heterocycles. The molecule has 4 rings (SSSR count). The number of nitrogens with zero attached hydrogens (tertiary/aromatic N) is 3. The Morgan fingerprint density at radius 1 is 1.15 bits per heavy atom. The van der Waals surface area contributed by atoms with E-state index >= 15 is 0 Å². The zero-order valence-electron chi connectivity index (χ0n) is 14.9. The summed E-state index contributed by atoms with van der Waals surface area (Å²) in [5.41, 5.74) is 1.40. The Bertz CT molecular complexity index is 1060. The fraction of sp³-hybridized carbons (Fsp3) is 0.250. The maximum absolute atomic E-state index is 12.1. The summed E-state index contributed by atoms with van der Waals surface area (Å²) in [6.07, 6.45) is 3.94. The second-order valence-corrected chi connectivity index (χ2v) is 6.25. The summed E-state index contributed by atoms with van der Waals surface area (Å²) >= 11 is 0. The molecule has 0 atom stereocenters. The zero-order valence-corrected chi connectivity index (χ0v) is 14.9. The van der Waals surface area contributed by atoms with Crippen molar-refractivity contribution in [3.8, 4) is 11.5 Å². The van der Waals surface area contributed by atoms with E-state index in [4.69, 9.17) is 9.47 Å². The molecule has 0 aliphatic carbocycles. The van der Waals surface area contributed by atoms with E-state index in [0.717, 1.165) is 22.3 Å². The Morgan fingerprint density at radius 2 is 2.04 bits per heavy atom. The highest BCUT2D eigenvalue weighted by atomic mass is 16.5. The number of aromatic nitrogens is 2. The molecule has 1 fully saturated rings. The number of carbonyl (C=O) groups excluding carboxylic acids is 1. The smallest absolute Gasteiger partial charge is 0.250 e. The molecule has 3 heterocycles. The number of fused-ring (bicyclic) bond motifs is 1. The number of methoxy groups -OCH3 is 1. The quantitative estimate of drug-likeness (QED) is 0.626. The largest absolute Gasteiger partial charge is 0.497 e. The number of rotatable bonds is 6. The first-order valence-corrected chi connectivity index (χ1v) is 8.72. The number of hydrogen-bond donors (Lipinski definition) is 0. The van der Waals surface area contributed by atoms with E-state index in [2.05, 4.69) is 4.98 Å². The number of amides is 1. The second kappa shape index (κ2) is 7.11. The first kappa shape index (κ1) is 17.1. The van der Waals surface area contributed by atoms with Gasteiger partial charge in [0.1, 0.15) is 18.1 Å². The fourth-order valence-electron chi connectivity index (χ4n) is 3.05. The van der Waals surface area contributed by atoms with Crippen molar-refractivity contribution in [1.82, 2.24) is 9.55 Å². The van der Waals surface area contributed by atoms with Crippen molar-refractivity contribution in [2.45, 2.75) is 13.0 Å². The van der Waals surface area contributed by atoms with Crippen LogP contribution < -0.4 is 19.9 Å². The number of anilines is 1. The summed E-state index contributed by atoms with van der Waals surface area (Å²) < 4.78 is 12.7. The molecule has 1 aliphatic rings. The first-order chi connectivity index (χ1) is 13.2.